The molecule has 1 aromatic heterocycles. The van der Waals surface area contributed by atoms with Crippen LogP contribution in [0.15, 0.2) is 42.7 Å². The second kappa shape index (κ2) is 5.93. The van der Waals surface area contributed by atoms with Gasteiger partial charge >= 0.3 is 0 Å². The van der Waals surface area contributed by atoms with Crippen molar-refractivity contribution in [1.29, 1.82) is 0 Å². The number of carbonyl (C=O) groups is 1. The Balaban J connectivity index is 1.69. The molecule has 5 nitrogen and oxygen atoms in total. The zero-order chi connectivity index (χ0) is 14.7. The van der Waals surface area contributed by atoms with Gasteiger partial charge in [-0.3, -0.25) is 9.78 Å². The molecule has 1 aromatic carbocycles. The molecule has 1 amide bonds. The Morgan fingerprint density at radius 1 is 1.38 bits per heavy atom. The van der Waals surface area contributed by atoms with E-state index in [1.165, 1.54) is 17.3 Å². The predicted octanol–water partition coefficient (Wildman–Crippen LogP) is 1.28. The fourth-order valence-electron chi connectivity index (χ4n) is 2.66. The van der Waals surface area contributed by atoms with E-state index >= 15 is 0 Å². The second-order valence-electron chi connectivity index (χ2n) is 5.13. The van der Waals surface area contributed by atoms with Crippen LogP contribution in [0.3, 0.4) is 0 Å². The number of rotatable bonds is 3. The summed E-state index contributed by atoms with van der Waals surface area (Å²) in [5.41, 5.74) is 9.25. The maximum Gasteiger partial charge on any atom is 0.255 e. The van der Waals surface area contributed by atoms with Gasteiger partial charge < -0.3 is 16.4 Å². The Morgan fingerprint density at radius 2 is 2.24 bits per heavy atom. The number of nitrogens with one attached hydrogen (secondary N) is 2. The average molecular weight is 282 g/mol. The molecule has 0 spiro atoms. The fourth-order valence-corrected chi connectivity index (χ4v) is 2.66. The molecule has 1 unspecified atom stereocenters. The molecule has 0 bridgehead atoms. The van der Waals surface area contributed by atoms with Gasteiger partial charge in [0.2, 0.25) is 0 Å². The molecular formula is C16H18N4O. The number of aromatic nitrogens is 1. The third-order valence-electron chi connectivity index (χ3n) is 3.78. The molecule has 1 aliphatic rings. The molecule has 2 aromatic rings. The van der Waals surface area contributed by atoms with Crippen LogP contribution in [0.5, 0.6) is 0 Å². The van der Waals surface area contributed by atoms with Gasteiger partial charge in [-0.2, -0.15) is 0 Å². The van der Waals surface area contributed by atoms with E-state index < -0.39 is 0 Å². The highest BCUT2D eigenvalue weighted by Crippen LogP contribution is 2.22. The summed E-state index contributed by atoms with van der Waals surface area (Å²) in [4.78, 5) is 16.1. The lowest BCUT2D eigenvalue weighted by molar-refractivity contribution is 0.0949. The van der Waals surface area contributed by atoms with Crippen molar-refractivity contribution in [3.63, 3.8) is 0 Å². The normalized spacial score (nSPS) is 17.0. The molecule has 1 atom stereocenters. The number of nitrogens with two attached hydrogens (primary N) is 1. The molecule has 0 radical (unpaired) electrons. The third kappa shape index (κ3) is 2.87. The fraction of sp³-hybridized carbons (Fsp3) is 0.250. The Bertz CT molecular complexity index is 656. The van der Waals surface area contributed by atoms with E-state index in [-0.39, 0.29) is 11.9 Å². The molecule has 5 heteroatoms. The van der Waals surface area contributed by atoms with Gasteiger partial charge in [0.25, 0.3) is 5.91 Å². The molecule has 0 aliphatic carbocycles. The number of hydrogen-bond acceptors (Lipinski definition) is 4. The number of hydrogen-bond donors (Lipinski definition) is 3. The van der Waals surface area contributed by atoms with Crippen LogP contribution in [0.4, 0.5) is 5.69 Å². The number of anilines is 1. The minimum Gasteiger partial charge on any atom is -0.398 e. The summed E-state index contributed by atoms with van der Waals surface area (Å²) in [6.07, 6.45) is 4.09. The summed E-state index contributed by atoms with van der Waals surface area (Å²) in [5.74, 6) is -0.189. The average Bonchev–Trinajstić information content (AvgIpc) is 2.53. The van der Waals surface area contributed by atoms with Crippen molar-refractivity contribution in [3.05, 3.63) is 59.4 Å². The Hall–Kier alpha value is -2.40. The molecule has 2 heterocycles. The summed E-state index contributed by atoms with van der Waals surface area (Å²) >= 11 is 0. The van der Waals surface area contributed by atoms with Gasteiger partial charge in [0.1, 0.15) is 0 Å². The first-order chi connectivity index (χ1) is 10.3. The van der Waals surface area contributed by atoms with Gasteiger partial charge in [0.05, 0.1) is 5.56 Å². The van der Waals surface area contributed by atoms with E-state index in [0.29, 0.717) is 17.8 Å². The van der Waals surface area contributed by atoms with Gasteiger partial charge in [0.15, 0.2) is 0 Å². The van der Waals surface area contributed by atoms with E-state index in [1.807, 2.05) is 6.07 Å². The molecule has 108 valence electrons. The first-order valence-electron chi connectivity index (χ1n) is 7.04. The minimum atomic E-state index is -0.189. The summed E-state index contributed by atoms with van der Waals surface area (Å²) < 4.78 is 0. The molecule has 3 rings (SSSR count). The molecular weight excluding hydrogens is 264 g/mol. The summed E-state index contributed by atoms with van der Waals surface area (Å²) in [5, 5.41) is 6.36. The number of nitrogen functional groups attached to an aromatic ring is 1. The van der Waals surface area contributed by atoms with Gasteiger partial charge in [-0.1, -0.05) is 24.3 Å². The monoisotopic (exact) mass is 282 g/mol. The molecule has 0 saturated heterocycles. The summed E-state index contributed by atoms with van der Waals surface area (Å²) in [6.45, 7) is 1.46. The van der Waals surface area contributed by atoms with Crippen LogP contribution in [0.1, 0.15) is 27.5 Å². The Morgan fingerprint density at radius 3 is 3.10 bits per heavy atom. The lowest BCUT2D eigenvalue weighted by atomic mass is 9.94. The summed E-state index contributed by atoms with van der Waals surface area (Å²) in [7, 11) is 0. The van der Waals surface area contributed by atoms with Crippen LogP contribution in [0.2, 0.25) is 0 Å². The highest BCUT2D eigenvalue weighted by molar-refractivity contribution is 5.98. The molecule has 0 fully saturated rings. The largest absolute Gasteiger partial charge is 0.398 e. The quantitative estimate of drug-likeness (QED) is 0.792. The number of pyridine rings is 1. The first kappa shape index (κ1) is 13.6. The maximum absolute atomic E-state index is 12.2. The van der Waals surface area contributed by atoms with Crippen molar-refractivity contribution in [2.24, 2.45) is 0 Å². The number of carbonyl (C=O) groups excluding carboxylic acids is 1. The highest BCUT2D eigenvalue weighted by Gasteiger charge is 2.20. The smallest absolute Gasteiger partial charge is 0.255 e. The van der Waals surface area contributed by atoms with Crippen LogP contribution in [-0.2, 0) is 6.42 Å². The Labute approximate surface area is 123 Å². The van der Waals surface area contributed by atoms with Crippen LogP contribution >= 0.6 is 0 Å². The lowest BCUT2D eigenvalue weighted by Gasteiger charge is -2.27. The topological polar surface area (TPSA) is 80.0 Å². The number of fused-ring (bicyclic) bond motifs is 1. The molecule has 21 heavy (non-hydrogen) atoms. The van der Waals surface area contributed by atoms with Crippen molar-refractivity contribution in [2.45, 2.75) is 12.5 Å². The number of amides is 1. The van der Waals surface area contributed by atoms with Crippen molar-refractivity contribution >= 4 is 11.6 Å². The zero-order valence-corrected chi connectivity index (χ0v) is 11.7. The molecule has 1 aliphatic heterocycles. The molecule has 0 saturated carbocycles. The van der Waals surface area contributed by atoms with Crippen molar-refractivity contribution < 1.29 is 4.79 Å². The lowest BCUT2D eigenvalue weighted by Crippen LogP contribution is -2.39. The predicted molar refractivity (Wildman–Crippen MR) is 81.9 cm³/mol. The minimum absolute atomic E-state index is 0.136. The van der Waals surface area contributed by atoms with E-state index in [2.05, 4.69) is 33.8 Å². The Kier molecular flexibility index (Phi) is 3.83. The van der Waals surface area contributed by atoms with Gasteiger partial charge in [-0.15, -0.1) is 0 Å². The van der Waals surface area contributed by atoms with E-state index in [0.717, 1.165) is 13.0 Å². The van der Waals surface area contributed by atoms with Gasteiger partial charge in [0, 0.05) is 30.7 Å². The zero-order valence-electron chi connectivity index (χ0n) is 11.7. The highest BCUT2D eigenvalue weighted by atomic mass is 16.1. The van der Waals surface area contributed by atoms with Crippen molar-refractivity contribution in [1.82, 2.24) is 15.6 Å². The van der Waals surface area contributed by atoms with E-state index in [1.54, 1.807) is 12.3 Å². The second-order valence-corrected chi connectivity index (χ2v) is 5.13. The standard InChI is InChI=1S/C16H18N4O/c17-14-6-7-18-9-13(14)16(21)20-10-15-12-4-2-1-3-11(12)5-8-19-15/h1-4,6-7,9,15,19H,5,8,10H2,(H2,17,18)(H,20,21). The van der Waals surface area contributed by atoms with Gasteiger partial charge in [-0.05, 0) is 30.2 Å². The van der Waals surface area contributed by atoms with Crippen LogP contribution in [0.25, 0.3) is 0 Å². The maximum atomic E-state index is 12.2. The first-order valence-corrected chi connectivity index (χ1v) is 7.04. The van der Waals surface area contributed by atoms with Crippen LogP contribution in [0, 0.1) is 0 Å². The van der Waals surface area contributed by atoms with Crippen LogP contribution in [-0.4, -0.2) is 24.0 Å². The summed E-state index contributed by atoms with van der Waals surface area (Å²) in [6, 6.07) is 10.1. The van der Waals surface area contributed by atoms with Crippen molar-refractivity contribution in [3.8, 4) is 0 Å². The SMILES string of the molecule is Nc1ccncc1C(=O)NCC1NCCc2ccccc21. The number of benzene rings is 1. The third-order valence-corrected chi connectivity index (χ3v) is 3.78. The molecule has 4 N–H and O–H groups in total. The van der Waals surface area contributed by atoms with Crippen molar-refractivity contribution in [2.75, 3.05) is 18.8 Å². The van der Waals surface area contributed by atoms with E-state index in [4.69, 9.17) is 5.73 Å². The van der Waals surface area contributed by atoms with E-state index in [9.17, 15) is 4.79 Å². The van der Waals surface area contributed by atoms with Crippen LogP contribution < -0.4 is 16.4 Å². The number of nitrogens with zero attached hydrogens (tertiary/aromatic N) is 1. The van der Waals surface area contributed by atoms with Gasteiger partial charge in [-0.25, -0.2) is 0 Å².